The van der Waals surface area contributed by atoms with E-state index in [-0.39, 0.29) is 6.04 Å². The van der Waals surface area contributed by atoms with Crippen molar-refractivity contribution < 1.29 is 9.47 Å². The largest absolute Gasteiger partial charge is 0.493 e. The van der Waals surface area contributed by atoms with Crippen LogP contribution in [0.4, 0.5) is 0 Å². The minimum absolute atomic E-state index is 0.0413. The second-order valence-corrected chi connectivity index (χ2v) is 5.97. The Morgan fingerprint density at radius 1 is 1.04 bits per heavy atom. The lowest BCUT2D eigenvalue weighted by atomic mass is 9.94. The van der Waals surface area contributed by atoms with Gasteiger partial charge in [0.1, 0.15) is 0 Å². The Labute approximate surface area is 143 Å². The summed E-state index contributed by atoms with van der Waals surface area (Å²) in [6.07, 6.45) is 2.68. The summed E-state index contributed by atoms with van der Waals surface area (Å²) in [6.45, 7) is 2.12. The lowest BCUT2D eigenvalue weighted by molar-refractivity contribution is 0.353. The number of aryl methyl sites for hydroxylation is 2. The van der Waals surface area contributed by atoms with E-state index in [1.54, 1.807) is 14.2 Å². The van der Waals surface area contributed by atoms with Crippen LogP contribution in [0.5, 0.6) is 11.5 Å². The number of ether oxygens (including phenoxy) is 2. The van der Waals surface area contributed by atoms with Crippen LogP contribution in [0.2, 0.25) is 5.02 Å². The van der Waals surface area contributed by atoms with Crippen LogP contribution in [-0.4, -0.2) is 14.2 Å². The fourth-order valence-electron chi connectivity index (χ4n) is 2.72. The van der Waals surface area contributed by atoms with Gasteiger partial charge in [0, 0.05) is 11.1 Å². The lowest BCUT2D eigenvalue weighted by Crippen LogP contribution is -2.14. The molecular formula is C19H24ClNO2. The molecule has 0 heterocycles. The molecule has 0 amide bonds. The fourth-order valence-corrected chi connectivity index (χ4v) is 2.84. The molecule has 3 nitrogen and oxygen atoms in total. The molecule has 0 aliphatic carbocycles. The molecule has 0 aliphatic heterocycles. The molecule has 23 heavy (non-hydrogen) atoms. The van der Waals surface area contributed by atoms with Crippen molar-refractivity contribution in [2.24, 2.45) is 5.73 Å². The molecule has 0 radical (unpaired) electrons. The number of nitrogens with two attached hydrogens (primary N) is 1. The summed E-state index contributed by atoms with van der Waals surface area (Å²) in [6, 6.07) is 11.9. The number of hydrogen-bond donors (Lipinski definition) is 1. The van der Waals surface area contributed by atoms with Crippen molar-refractivity contribution in [3.63, 3.8) is 0 Å². The molecule has 0 aliphatic rings. The van der Waals surface area contributed by atoms with Gasteiger partial charge in [-0.1, -0.05) is 30.7 Å². The first-order chi connectivity index (χ1) is 11.1. The monoisotopic (exact) mass is 333 g/mol. The Kier molecular flexibility index (Phi) is 6.31. The van der Waals surface area contributed by atoms with Crippen LogP contribution >= 0.6 is 11.6 Å². The summed E-state index contributed by atoms with van der Waals surface area (Å²) in [4.78, 5) is 0. The van der Waals surface area contributed by atoms with Crippen LogP contribution < -0.4 is 15.2 Å². The molecule has 0 saturated carbocycles. The molecule has 2 aromatic rings. The zero-order chi connectivity index (χ0) is 16.8. The van der Waals surface area contributed by atoms with Crippen LogP contribution in [-0.2, 0) is 12.8 Å². The molecule has 0 spiro atoms. The van der Waals surface area contributed by atoms with Crippen molar-refractivity contribution >= 4 is 11.6 Å². The Balaban J connectivity index is 2.17. The van der Waals surface area contributed by atoms with E-state index in [4.69, 9.17) is 26.8 Å². The Hall–Kier alpha value is -1.71. The maximum atomic E-state index is 6.44. The van der Waals surface area contributed by atoms with Crippen LogP contribution in [0, 0.1) is 0 Å². The third-order valence-electron chi connectivity index (χ3n) is 4.08. The third kappa shape index (κ3) is 4.40. The maximum absolute atomic E-state index is 6.44. The van der Waals surface area contributed by atoms with Gasteiger partial charge in [0.2, 0.25) is 0 Å². The van der Waals surface area contributed by atoms with Gasteiger partial charge in [0.15, 0.2) is 11.5 Å². The minimum Gasteiger partial charge on any atom is -0.493 e. The highest BCUT2D eigenvalue weighted by Crippen LogP contribution is 2.34. The third-order valence-corrected chi connectivity index (χ3v) is 4.34. The molecular weight excluding hydrogens is 310 g/mol. The first kappa shape index (κ1) is 17.6. The van der Waals surface area contributed by atoms with Gasteiger partial charge < -0.3 is 15.2 Å². The van der Waals surface area contributed by atoms with E-state index in [2.05, 4.69) is 6.92 Å². The predicted molar refractivity (Wildman–Crippen MR) is 95.6 cm³/mol. The molecule has 1 unspecified atom stereocenters. The average molecular weight is 334 g/mol. The van der Waals surface area contributed by atoms with Gasteiger partial charge in [-0.25, -0.2) is 0 Å². The van der Waals surface area contributed by atoms with Gasteiger partial charge in [0.25, 0.3) is 0 Å². The summed E-state index contributed by atoms with van der Waals surface area (Å²) in [5, 5.41) is 0.756. The van der Waals surface area contributed by atoms with Gasteiger partial charge >= 0.3 is 0 Å². The second-order valence-electron chi connectivity index (χ2n) is 5.53. The van der Waals surface area contributed by atoms with E-state index >= 15 is 0 Å². The predicted octanol–water partition coefficient (Wildman–Crippen LogP) is 4.55. The van der Waals surface area contributed by atoms with Crippen LogP contribution in [0.1, 0.15) is 36.1 Å². The van der Waals surface area contributed by atoms with Crippen molar-refractivity contribution in [2.45, 2.75) is 32.2 Å². The molecule has 0 aromatic heterocycles. The molecule has 2 N–H and O–H groups in total. The highest BCUT2D eigenvalue weighted by molar-refractivity contribution is 6.30. The van der Waals surface area contributed by atoms with Crippen LogP contribution in [0.3, 0.4) is 0 Å². The van der Waals surface area contributed by atoms with Crippen molar-refractivity contribution in [3.8, 4) is 11.5 Å². The lowest BCUT2D eigenvalue weighted by Gasteiger charge is -2.19. The Morgan fingerprint density at radius 3 is 2.22 bits per heavy atom. The summed E-state index contributed by atoms with van der Waals surface area (Å²) in [5.74, 6) is 1.47. The second kappa shape index (κ2) is 8.23. The average Bonchev–Trinajstić information content (AvgIpc) is 2.59. The normalized spacial score (nSPS) is 12.0. The van der Waals surface area contributed by atoms with E-state index in [0.717, 1.165) is 41.3 Å². The van der Waals surface area contributed by atoms with E-state index in [1.807, 2.05) is 36.4 Å². The summed E-state index contributed by atoms with van der Waals surface area (Å²) in [7, 11) is 3.30. The van der Waals surface area contributed by atoms with E-state index in [1.165, 1.54) is 11.1 Å². The van der Waals surface area contributed by atoms with Crippen LogP contribution in [0.25, 0.3) is 0 Å². The smallest absolute Gasteiger partial charge is 0.161 e. The van der Waals surface area contributed by atoms with Gasteiger partial charge in [-0.15, -0.1) is 0 Å². The molecule has 0 bridgehead atoms. The number of rotatable bonds is 7. The van der Waals surface area contributed by atoms with E-state index in [9.17, 15) is 0 Å². The van der Waals surface area contributed by atoms with Crippen LogP contribution in [0.15, 0.2) is 36.4 Å². The van der Waals surface area contributed by atoms with E-state index in [0.29, 0.717) is 0 Å². The molecule has 0 fully saturated rings. The zero-order valence-electron chi connectivity index (χ0n) is 13.9. The summed E-state index contributed by atoms with van der Waals surface area (Å²) < 4.78 is 10.8. The van der Waals surface area contributed by atoms with Crippen molar-refractivity contribution in [1.29, 1.82) is 0 Å². The molecule has 2 rings (SSSR count). The quantitative estimate of drug-likeness (QED) is 0.808. The SMILES string of the molecule is CCc1cc(OC)c(OC)cc1C(N)CCc1ccc(Cl)cc1. The molecule has 2 aromatic carbocycles. The number of halogens is 1. The van der Waals surface area contributed by atoms with Gasteiger partial charge in [-0.05, 0) is 60.2 Å². The van der Waals surface area contributed by atoms with Crippen molar-refractivity contribution in [3.05, 3.63) is 58.1 Å². The Bertz CT molecular complexity index is 641. The first-order valence-corrected chi connectivity index (χ1v) is 8.21. The number of benzene rings is 2. The molecule has 4 heteroatoms. The minimum atomic E-state index is -0.0413. The summed E-state index contributed by atoms with van der Waals surface area (Å²) in [5.41, 5.74) is 10.0. The summed E-state index contributed by atoms with van der Waals surface area (Å²) >= 11 is 5.92. The van der Waals surface area contributed by atoms with E-state index < -0.39 is 0 Å². The number of hydrogen-bond acceptors (Lipinski definition) is 3. The Morgan fingerprint density at radius 2 is 1.65 bits per heavy atom. The fraction of sp³-hybridized carbons (Fsp3) is 0.368. The highest BCUT2D eigenvalue weighted by atomic mass is 35.5. The molecule has 1 atom stereocenters. The first-order valence-electron chi connectivity index (χ1n) is 7.83. The highest BCUT2D eigenvalue weighted by Gasteiger charge is 2.15. The molecule has 124 valence electrons. The van der Waals surface area contributed by atoms with Crippen molar-refractivity contribution in [1.82, 2.24) is 0 Å². The van der Waals surface area contributed by atoms with Crippen molar-refractivity contribution in [2.75, 3.05) is 14.2 Å². The standard InChI is InChI=1S/C19H24ClNO2/c1-4-14-11-18(22-2)19(23-3)12-16(14)17(21)10-7-13-5-8-15(20)9-6-13/h5-6,8-9,11-12,17H,4,7,10,21H2,1-3H3. The number of methoxy groups -OCH3 is 2. The topological polar surface area (TPSA) is 44.5 Å². The van der Waals surface area contributed by atoms with Gasteiger partial charge in [-0.2, -0.15) is 0 Å². The molecule has 0 saturated heterocycles. The maximum Gasteiger partial charge on any atom is 0.161 e. The van der Waals surface area contributed by atoms with Gasteiger partial charge in [0.05, 0.1) is 14.2 Å². The zero-order valence-corrected chi connectivity index (χ0v) is 14.7. The van der Waals surface area contributed by atoms with Gasteiger partial charge in [-0.3, -0.25) is 0 Å².